The number of rotatable bonds is 6. The maximum Gasteiger partial charge on any atom is 0.329 e. The first-order chi connectivity index (χ1) is 14.9. The molecule has 0 spiro atoms. The molecule has 3 rings (SSSR count). The summed E-state index contributed by atoms with van der Waals surface area (Å²) in [4.78, 5) is 23.7. The van der Waals surface area contributed by atoms with Gasteiger partial charge in [-0.3, -0.25) is 9.59 Å². The number of hydrogen-bond acceptors (Lipinski definition) is 4. The fourth-order valence-electron chi connectivity index (χ4n) is 2.38. The van der Waals surface area contributed by atoms with E-state index in [1.807, 2.05) is 12.1 Å². The molecule has 0 bridgehead atoms. The number of anilines is 1. The van der Waals surface area contributed by atoms with Crippen LogP contribution in [0, 0.1) is 5.82 Å². The van der Waals surface area contributed by atoms with Crippen molar-refractivity contribution in [2.24, 2.45) is 5.10 Å². The number of carbonyl (C=O) groups is 2. The third-order valence-electron chi connectivity index (χ3n) is 3.96. The van der Waals surface area contributed by atoms with Crippen LogP contribution in [0.25, 0.3) is 0 Å². The molecule has 3 aromatic carbocycles. The Hall–Kier alpha value is -3.23. The molecule has 0 saturated carbocycles. The predicted molar refractivity (Wildman–Crippen MR) is 121 cm³/mol. The molecule has 0 saturated heterocycles. The van der Waals surface area contributed by atoms with Crippen LogP contribution in [0.15, 0.2) is 76.3 Å². The summed E-state index contributed by atoms with van der Waals surface area (Å²) in [6, 6.07) is 18.4. The van der Waals surface area contributed by atoms with Crippen LogP contribution in [0.4, 0.5) is 10.1 Å². The second-order valence-corrected chi connectivity index (χ2v) is 7.61. The van der Waals surface area contributed by atoms with Crippen LogP contribution >= 0.6 is 27.5 Å². The van der Waals surface area contributed by atoms with E-state index in [2.05, 4.69) is 31.8 Å². The molecule has 158 valence electrons. The van der Waals surface area contributed by atoms with Gasteiger partial charge in [-0.15, -0.1) is 0 Å². The fourth-order valence-corrected chi connectivity index (χ4v) is 2.84. The molecule has 0 heterocycles. The first kappa shape index (κ1) is 22.5. The van der Waals surface area contributed by atoms with Gasteiger partial charge in [0.25, 0.3) is 0 Å². The second kappa shape index (κ2) is 10.7. The maximum absolute atomic E-state index is 13.7. The SMILES string of the molecule is O=C(N/N=C/c1ccc(OCc2ccc(Cl)cc2)cc1)C(=O)Nc1ccc(Br)cc1F. The molecule has 0 aliphatic rings. The average Bonchev–Trinajstić information content (AvgIpc) is 2.76. The highest BCUT2D eigenvalue weighted by Gasteiger charge is 2.15. The molecule has 0 aliphatic heterocycles. The Morgan fingerprint density at radius 2 is 1.74 bits per heavy atom. The second-order valence-electron chi connectivity index (χ2n) is 6.26. The monoisotopic (exact) mass is 503 g/mol. The zero-order valence-corrected chi connectivity index (χ0v) is 18.3. The van der Waals surface area contributed by atoms with Gasteiger partial charge in [-0.25, -0.2) is 9.82 Å². The molecule has 0 aliphatic carbocycles. The quantitative estimate of drug-likeness (QED) is 0.284. The van der Waals surface area contributed by atoms with E-state index in [0.717, 1.165) is 5.56 Å². The van der Waals surface area contributed by atoms with Crippen LogP contribution in [0.2, 0.25) is 5.02 Å². The molecule has 0 radical (unpaired) electrons. The van der Waals surface area contributed by atoms with Crippen molar-refractivity contribution in [1.29, 1.82) is 0 Å². The fraction of sp³-hybridized carbons (Fsp3) is 0.0455. The van der Waals surface area contributed by atoms with E-state index >= 15 is 0 Å². The number of carbonyl (C=O) groups excluding carboxylic acids is 2. The highest BCUT2D eigenvalue weighted by atomic mass is 79.9. The van der Waals surface area contributed by atoms with Crippen molar-refractivity contribution in [3.05, 3.63) is 93.2 Å². The summed E-state index contributed by atoms with van der Waals surface area (Å²) in [5, 5.41) is 6.58. The predicted octanol–water partition coefficient (Wildman–Crippen LogP) is 4.91. The minimum atomic E-state index is -1.04. The van der Waals surface area contributed by atoms with Crippen LogP contribution in [0.5, 0.6) is 5.75 Å². The zero-order chi connectivity index (χ0) is 22.2. The Morgan fingerprint density at radius 3 is 2.42 bits per heavy atom. The van der Waals surface area contributed by atoms with Gasteiger partial charge in [0, 0.05) is 9.50 Å². The molecule has 0 fully saturated rings. The molecule has 0 atom stereocenters. The van der Waals surface area contributed by atoms with Crippen LogP contribution in [0.3, 0.4) is 0 Å². The van der Waals surface area contributed by atoms with Gasteiger partial charge in [0.2, 0.25) is 0 Å². The largest absolute Gasteiger partial charge is 0.489 e. The summed E-state index contributed by atoms with van der Waals surface area (Å²) in [6.07, 6.45) is 1.37. The highest BCUT2D eigenvalue weighted by molar-refractivity contribution is 9.10. The van der Waals surface area contributed by atoms with Crippen molar-refractivity contribution >= 4 is 51.2 Å². The van der Waals surface area contributed by atoms with Crippen molar-refractivity contribution in [1.82, 2.24) is 5.43 Å². The Morgan fingerprint density at radius 1 is 1.03 bits per heavy atom. The molecule has 2 N–H and O–H groups in total. The van der Waals surface area contributed by atoms with Gasteiger partial charge < -0.3 is 10.1 Å². The van der Waals surface area contributed by atoms with E-state index in [1.54, 1.807) is 36.4 Å². The van der Waals surface area contributed by atoms with Crippen LogP contribution < -0.4 is 15.5 Å². The Kier molecular flexibility index (Phi) is 7.75. The van der Waals surface area contributed by atoms with Gasteiger partial charge in [0.1, 0.15) is 18.2 Å². The first-order valence-electron chi connectivity index (χ1n) is 8.97. The molecule has 31 heavy (non-hydrogen) atoms. The van der Waals surface area contributed by atoms with Gasteiger partial charge in [0.15, 0.2) is 0 Å². The Labute approximate surface area is 191 Å². The number of benzene rings is 3. The number of amides is 2. The minimum absolute atomic E-state index is 0.110. The lowest BCUT2D eigenvalue weighted by molar-refractivity contribution is -0.136. The van der Waals surface area contributed by atoms with E-state index in [9.17, 15) is 14.0 Å². The summed E-state index contributed by atoms with van der Waals surface area (Å²) >= 11 is 8.96. The number of nitrogens with one attached hydrogen (secondary N) is 2. The topological polar surface area (TPSA) is 79.8 Å². The number of ether oxygens (including phenoxy) is 1. The lowest BCUT2D eigenvalue weighted by atomic mass is 10.2. The summed E-state index contributed by atoms with van der Waals surface area (Å²) in [5.41, 5.74) is 3.65. The van der Waals surface area contributed by atoms with Crippen LogP contribution in [-0.4, -0.2) is 18.0 Å². The average molecular weight is 505 g/mol. The molecular formula is C22H16BrClFN3O3. The third-order valence-corrected chi connectivity index (χ3v) is 4.71. The van der Waals surface area contributed by atoms with E-state index in [4.69, 9.17) is 16.3 Å². The van der Waals surface area contributed by atoms with Gasteiger partial charge in [-0.1, -0.05) is 39.7 Å². The summed E-state index contributed by atoms with van der Waals surface area (Å²) in [6.45, 7) is 0.398. The number of nitrogens with zero attached hydrogens (tertiary/aromatic N) is 1. The Balaban J connectivity index is 1.48. The van der Waals surface area contributed by atoms with Gasteiger partial charge >= 0.3 is 11.8 Å². The summed E-state index contributed by atoms with van der Waals surface area (Å²) in [5.74, 6) is -2.07. The van der Waals surface area contributed by atoms with E-state index in [0.29, 0.717) is 27.4 Å². The van der Waals surface area contributed by atoms with Crippen molar-refractivity contribution in [3.8, 4) is 5.75 Å². The highest BCUT2D eigenvalue weighted by Crippen LogP contribution is 2.19. The number of hydrogen-bond donors (Lipinski definition) is 2. The van der Waals surface area contributed by atoms with Crippen molar-refractivity contribution in [2.75, 3.05) is 5.32 Å². The van der Waals surface area contributed by atoms with Gasteiger partial charge in [0.05, 0.1) is 11.9 Å². The zero-order valence-electron chi connectivity index (χ0n) is 15.9. The number of halogens is 3. The summed E-state index contributed by atoms with van der Waals surface area (Å²) in [7, 11) is 0. The third kappa shape index (κ3) is 6.91. The van der Waals surface area contributed by atoms with Gasteiger partial charge in [-0.05, 0) is 65.7 Å². The van der Waals surface area contributed by atoms with Crippen molar-refractivity contribution < 1.29 is 18.7 Å². The normalized spacial score (nSPS) is 10.7. The molecule has 3 aromatic rings. The molecule has 2 amide bonds. The van der Waals surface area contributed by atoms with E-state index < -0.39 is 17.6 Å². The van der Waals surface area contributed by atoms with E-state index in [1.165, 1.54) is 24.4 Å². The smallest absolute Gasteiger partial charge is 0.329 e. The molecule has 0 unspecified atom stereocenters. The van der Waals surface area contributed by atoms with Crippen molar-refractivity contribution in [2.45, 2.75) is 6.61 Å². The summed E-state index contributed by atoms with van der Waals surface area (Å²) < 4.78 is 19.9. The number of hydrazone groups is 1. The lowest BCUT2D eigenvalue weighted by Gasteiger charge is -2.07. The lowest BCUT2D eigenvalue weighted by Crippen LogP contribution is -2.32. The van der Waals surface area contributed by atoms with E-state index in [-0.39, 0.29) is 5.69 Å². The molecule has 6 nitrogen and oxygen atoms in total. The van der Waals surface area contributed by atoms with Crippen LogP contribution in [0.1, 0.15) is 11.1 Å². The molecule has 9 heteroatoms. The Bertz CT molecular complexity index is 1110. The van der Waals surface area contributed by atoms with Crippen LogP contribution in [-0.2, 0) is 16.2 Å². The molecule has 0 aromatic heterocycles. The first-order valence-corrected chi connectivity index (χ1v) is 10.1. The maximum atomic E-state index is 13.7. The minimum Gasteiger partial charge on any atom is -0.489 e. The molecular weight excluding hydrogens is 489 g/mol. The van der Waals surface area contributed by atoms with Crippen molar-refractivity contribution in [3.63, 3.8) is 0 Å². The standard InChI is InChI=1S/C22H16BrClFN3O3/c23-16-5-10-20(19(25)11-16)27-21(29)22(30)28-26-12-14-3-8-18(9-4-14)31-13-15-1-6-17(24)7-2-15/h1-12H,13H2,(H,27,29)(H,28,30)/b26-12+. The van der Waals surface area contributed by atoms with Gasteiger partial charge in [-0.2, -0.15) is 5.10 Å².